The molecule has 1 N–H and O–H groups in total. The second-order valence-electron chi connectivity index (χ2n) is 7.69. The number of hydrogen-bond acceptors (Lipinski definition) is 1. The van der Waals surface area contributed by atoms with Crippen LogP contribution in [-0.4, -0.2) is 27.2 Å². The van der Waals surface area contributed by atoms with E-state index < -0.39 is 0 Å². The van der Waals surface area contributed by atoms with Gasteiger partial charge in [-0.3, -0.25) is 0 Å². The lowest BCUT2D eigenvalue weighted by Crippen LogP contribution is -3.06. The van der Waals surface area contributed by atoms with E-state index in [-0.39, 0.29) is 0 Å². The maximum atomic E-state index is 5.91. The van der Waals surface area contributed by atoms with Crippen LogP contribution in [0.15, 0.2) is 84.9 Å². The number of benzene rings is 3. The first-order chi connectivity index (χ1) is 13.7. The molecule has 3 aromatic carbocycles. The van der Waals surface area contributed by atoms with E-state index in [9.17, 15) is 0 Å². The Labute approximate surface area is 169 Å². The molecule has 0 saturated carbocycles. The summed E-state index contributed by atoms with van der Waals surface area (Å²) in [6, 6.07) is 30.5. The van der Waals surface area contributed by atoms with Gasteiger partial charge in [-0.2, -0.15) is 0 Å². The van der Waals surface area contributed by atoms with Crippen LogP contribution in [0.5, 0.6) is 5.75 Å². The standard InChI is InChI=1S/C26H31NO/c1-4-25(21-11-7-5-8-12-21)26(22-13-9-6-10-14-22)23-15-17-24(18-16-23)28-20-19-27(2)3/h5-18,25-26H,4,19-20H2,1-3H3/p+1. The SMILES string of the molecule is CCC(c1ccccc1)C(c1ccccc1)c1ccc(OCC[NH+](C)C)cc1. The summed E-state index contributed by atoms with van der Waals surface area (Å²) in [6.45, 7) is 4.03. The quantitative estimate of drug-likeness (QED) is 0.581. The van der Waals surface area contributed by atoms with Crippen LogP contribution in [0.3, 0.4) is 0 Å². The largest absolute Gasteiger partial charge is 0.488 e. The monoisotopic (exact) mass is 374 g/mol. The van der Waals surface area contributed by atoms with E-state index in [1.807, 2.05) is 0 Å². The van der Waals surface area contributed by atoms with E-state index in [1.54, 1.807) is 0 Å². The zero-order valence-corrected chi connectivity index (χ0v) is 17.3. The molecule has 0 heterocycles. The highest BCUT2D eigenvalue weighted by Crippen LogP contribution is 2.40. The molecule has 146 valence electrons. The van der Waals surface area contributed by atoms with Gasteiger partial charge in [0.15, 0.2) is 0 Å². The number of ether oxygens (including phenoxy) is 1. The lowest BCUT2D eigenvalue weighted by Gasteiger charge is -2.28. The van der Waals surface area contributed by atoms with Crippen LogP contribution in [0, 0.1) is 0 Å². The van der Waals surface area contributed by atoms with E-state index in [0.717, 1.165) is 25.3 Å². The Morgan fingerprint density at radius 2 is 1.25 bits per heavy atom. The van der Waals surface area contributed by atoms with Crippen LogP contribution in [0.4, 0.5) is 0 Å². The summed E-state index contributed by atoms with van der Waals surface area (Å²) < 4.78 is 5.91. The van der Waals surface area contributed by atoms with Gasteiger partial charge in [-0.1, -0.05) is 79.7 Å². The normalized spacial score (nSPS) is 13.3. The molecule has 0 saturated heterocycles. The van der Waals surface area contributed by atoms with E-state index in [2.05, 4.69) is 106 Å². The summed E-state index contributed by atoms with van der Waals surface area (Å²) in [7, 11) is 4.29. The summed E-state index contributed by atoms with van der Waals surface area (Å²) in [5.74, 6) is 1.71. The van der Waals surface area contributed by atoms with Crippen LogP contribution in [0.1, 0.15) is 41.9 Å². The summed E-state index contributed by atoms with van der Waals surface area (Å²) >= 11 is 0. The Kier molecular flexibility index (Phi) is 7.27. The van der Waals surface area contributed by atoms with Crippen LogP contribution < -0.4 is 9.64 Å². The van der Waals surface area contributed by atoms with Gasteiger partial charge in [0.25, 0.3) is 0 Å². The van der Waals surface area contributed by atoms with E-state index in [0.29, 0.717) is 11.8 Å². The van der Waals surface area contributed by atoms with Crippen LogP contribution >= 0.6 is 0 Å². The van der Waals surface area contributed by atoms with Crippen molar-refractivity contribution in [2.75, 3.05) is 27.2 Å². The first-order valence-corrected chi connectivity index (χ1v) is 10.3. The molecule has 2 heteroatoms. The molecule has 3 rings (SSSR count). The third-order valence-electron chi connectivity index (χ3n) is 5.34. The number of nitrogens with one attached hydrogen (secondary N) is 1. The zero-order chi connectivity index (χ0) is 19.8. The molecule has 0 bridgehead atoms. The molecule has 2 atom stereocenters. The van der Waals surface area contributed by atoms with E-state index in [1.165, 1.54) is 21.6 Å². The number of rotatable bonds is 9. The van der Waals surface area contributed by atoms with Gasteiger partial charge in [0.1, 0.15) is 18.9 Å². The predicted octanol–water partition coefficient (Wildman–Crippen LogP) is 4.54. The molecule has 28 heavy (non-hydrogen) atoms. The maximum absolute atomic E-state index is 5.91. The number of hydrogen-bond donors (Lipinski definition) is 1. The van der Waals surface area contributed by atoms with Gasteiger partial charge >= 0.3 is 0 Å². The predicted molar refractivity (Wildman–Crippen MR) is 117 cm³/mol. The summed E-state index contributed by atoms with van der Waals surface area (Å²) in [6.07, 6.45) is 1.09. The molecule has 2 nitrogen and oxygen atoms in total. The molecule has 2 unspecified atom stereocenters. The molecule has 3 aromatic rings. The zero-order valence-electron chi connectivity index (χ0n) is 17.3. The Hall–Kier alpha value is -2.58. The molecule has 0 aliphatic rings. The molecule has 0 aliphatic carbocycles. The Morgan fingerprint density at radius 1 is 0.714 bits per heavy atom. The molecule has 0 radical (unpaired) electrons. The molecule has 0 aromatic heterocycles. The van der Waals surface area contributed by atoms with Gasteiger partial charge in [0.2, 0.25) is 0 Å². The van der Waals surface area contributed by atoms with Crippen molar-refractivity contribution >= 4 is 0 Å². The topological polar surface area (TPSA) is 13.7 Å². The lowest BCUT2D eigenvalue weighted by atomic mass is 9.76. The number of quaternary nitrogens is 1. The second kappa shape index (κ2) is 10.1. The van der Waals surface area contributed by atoms with Gasteiger partial charge in [0, 0.05) is 5.92 Å². The summed E-state index contributed by atoms with van der Waals surface area (Å²) in [5.41, 5.74) is 4.10. The highest BCUT2D eigenvalue weighted by molar-refractivity contribution is 5.40. The molecule has 0 spiro atoms. The van der Waals surface area contributed by atoms with E-state index >= 15 is 0 Å². The third kappa shape index (κ3) is 5.24. The molecular weight excluding hydrogens is 342 g/mol. The van der Waals surface area contributed by atoms with Crippen molar-refractivity contribution < 1.29 is 9.64 Å². The van der Waals surface area contributed by atoms with Crippen molar-refractivity contribution in [3.05, 3.63) is 102 Å². The Bertz CT molecular complexity index is 812. The Morgan fingerprint density at radius 3 is 1.79 bits per heavy atom. The molecular formula is C26H32NO+. The smallest absolute Gasteiger partial charge is 0.137 e. The van der Waals surface area contributed by atoms with Crippen molar-refractivity contribution in [1.82, 2.24) is 0 Å². The number of likely N-dealkylation sites (N-methyl/N-ethyl adjacent to an activating group) is 1. The average Bonchev–Trinajstić information content (AvgIpc) is 2.73. The van der Waals surface area contributed by atoms with Gasteiger partial charge in [-0.05, 0) is 41.2 Å². The molecule has 0 fully saturated rings. The van der Waals surface area contributed by atoms with Gasteiger partial charge in [-0.15, -0.1) is 0 Å². The van der Waals surface area contributed by atoms with Crippen molar-refractivity contribution in [3.63, 3.8) is 0 Å². The average molecular weight is 375 g/mol. The molecule has 0 amide bonds. The first kappa shape index (κ1) is 20.2. The van der Waals surface area contributed by atoms with Crippen molar-refractivity contribution in [1.29, 1.82) is 0 Å². The van der Waals surface area contributed by atoms with Crippen molar-refractivity contribution in [2.45, 2.75) is 25.2 Å². The van der Waals surface area contributed by atoms with Gasteiger partial charge in [0.05, 0.1) is 14.1 Å². The summed E-state index contributed by atoms with van der Waals surface area (Å²) in [5, 5.41) is 0. The first-order valence-electron chi connectivity index (χ1n) is 10.3. The van der Waals surface area contributed by atoms with Crippen LogP contribution in [0.25, 0.3) is 0 Å². The minimum absolute atomic E-state index is 0.328. The summed E-state index contributed by atoms with van der Waals surface area (Å²) in [4.78, 5) is 1.40. The lowest BCUT2D eigenvalue weighted by molar-refractivity contribution is -0.858. The second-order valence-corrected chi connectivity index (χ2v) is 7.69. The fraction of sp³-hybridized carbons (Fsp3) is 0.308. The van der Waals surface area contributed by atoms with Crippen molar-refractivity contribution in [3.8, 4) is 5.75 Å². The van der Waals surface area contributed by atoms with Gasteiger partial charge in [-0.25, -0.2) is 0 Å². The van der Waals surface area contributed by atoms with Gasteiger partial charge < -0.3 is 9.64 Å². The molecule has 0 aliphatic heterocycles. The van der Waals surface area contributed by atoms with Crippen LogP contribution in [0.2, 0.25) is 0 Å². The van der Waals surface area contributed by atoms with Crippen LogP contribution in [-0.2, 0) is 0 Å². The fourth-order valence-corrected chi connectivity index (χ4v) is 3.83. The highest BCUT2D eigenvalue weighted by atomic mass is 16.5. The van der Waals surface area contributed by atoms with Crippen molar-refractivity contribution in [2.24, 2.45) is 0 Å². The minimum Gasteiger partial charge on any atom is -0.488 e. The Balaban J connectivity index is 1.89. The van der Waals surface area contributed by atoms with E-state index in [4.69, 9.17) is 4.74 Å². The fourth-order valence-electron chi connectivity index (χ4n) is 3.83. The highest BCUT2D eigenvalue weighted by Gasteiger charge is 2.25. The minimum atomic E-state index is 0.328. The maximum Gasteiger partial charge on any atom is 0.137 e. The third-order valence-corrected chi connectivity index (χ3v) is 5.34.